The first-order chi connectivity index (χ1) is 16.2. The number of piperidine rings is 1. The van der Waals surface area contributed by atoms with Crippen LogP contribution < -0.4 is 4.72 Å². The number of anilines is 1. The molecule has 0 bridgehead atoms. The van der Waals surface area contributed by atoms with E-state index < -0.39 is 15.8 Å². The summed E-state index contributed by atoms with van der Waals surface area (Å²) < 4.78 is 41.1. The molecule has 0 saturated carbocycles. The maximum atomic E-state index is 13.8. The fourth-order valence-corrected chi connectivity index (χ4v) is 4.98. The molecule has 7 nitrogen and oxygen atoms in total. The molecule has 9 heteroatoms. The zero-order valence-electron chi connectivity index (χ0n) is 18.1. The molecule has 1 aliphatic heterocycles. The van der Waals surface area contributed by atoms with Crippen molar-refractivity contribution in [3.63, 3.8) is 0 Å². The number of carbonyl (C=O) groups excluding carboxylic acids is 2. The van der Waals surface area contributed by atoms with Crippen molar-refractivity contribution in [3.8, 4) is 5.75 Å². The Bertz CT molecular complexity index is 1300. The van der Waals surface area contributed by atoms with E-state index in [0.29, 0.717) is 37.1 Å². The predicted molar refractivity (Wildman–Crippen MR) is 125 cm³/mol. The Morgan fingerprint density at radius 1 is 0.882 bits per heavy atom. The Hall–Kier alpha value is -3.72. The third kappa shape index (κ3) is 5.09. The minimum atomic E-state index is -4.02. The second kappa shape index (κ2) is 9.64. The van der Waals surface area contributed by atoms with E-state index in [2.05, 4.69) is 4.72 Å². The number of phenolic OH excluding ortho intramolecular Hbond substituents is 1. The first-order valence-electron chi connectivity index (χ1n) is 10.7. The summed E-state index contributed by atoms with van der Waals surface area (Å²) in [7, 11) is -4.02. The van der Waals surface area contributed by atoms with Crippen LogP contribution >= 0.6 is 0 Å². The Kier molecular flexibility index (Phi) is 6.65. The molecule has 0 aromatic heterocycles. The summed E-state index contributed by atoms with van der Waals surface area (Å²) in [6, 6.07) is 17.0. The van der Waals surface area contributed by atoms with Crippen molar-refractivity contribution >= 4 is 27.4 Å². The van der Waals surface area contributed by atoms with E-state index in [9.17, 15) is 27.5 Å². The van der Waals surface area contributed by atoms with Crippen molar-refractivity contribution in [2.75, 3.05) is 17.8 Å². The molecule has 0 radical (unpaired) electrons. The van der Waals surface area contributed by atoms with E-state index in [1.165, 1.54) is 54.6 Å². The van der Waals surface area contributed by atoms with Gasteiger partial charge in [-0.3, -0.25) is 14.3 Å². The average Bonchev–Trinajstić information content (AvgIpc) is 2.85. The Morgan fingerprint density at radius 2 is 1.47 bits per heavy atom. The molecule has 2 N–H and O–H groups in total. The molecule has 3 aromatic rings. The van der Waals surface area contributed by atoms with Gasteiger partial charge in [-0.05, 0) is 73.5 Å². The van der Waals surface area contributed by atoms with Crippen LogP contribution in [0.15, 0.2) is 77.7 Å². The molecule has 0 spiro atoms. The highest BCUT2D eigenvalue weighted by atomic mass is 32.2. The zero-order valence-corrected chi connectivity index (χ0v) is 19.0. The Morgan fingerprint density at radius 3 is 2.09 bits per heavy atom. The number of phenols is 1. The molecule has 0 aliphatic carbocycles. The van der Waals surface area contributed by atoms with Crippen LogP contribution in [0.5, 0.6) is 5.75 Å². The fourth-order valence-electron chi connectivity index (χ4n) is 3.91. The topological polar surface area (TPSA) is 104 Å². The summed E-state index contributed by atoms with van der Waals surface area (Å²) in [5.74, 6) is -1.06. The highest BCUT2D eigenvalue weighted by molar-refractivity contribution is 7.92. The van der Waals surface area contributed by atoms with Gasteiger partial charge in [0, 0.05) is 30.1 Å². The molecule has 1 heterocycles. The molecular weight excluding hydrogens is 459 g/mol. The second-order valence-corrected chi connectivity index (χ2v) is 9.77. The van der Waals surface area contributed by atoms with Crippen LogP contribution in [0.4, 0.5) is 10.1 Å². The standard InChI is InChI=1S/C25H23FN2O5S/c26-22-3-1-2-4-23(22)27-34(32,33)21-11-7-19(8-12-21)25(31)28-15-13-18(14-16-28)24(30)17-5-9-20(29)10-6-17/h1-12,18,27,29H,13-16H2. The molecule has 3 aromatic carbocycles. The van der Waals surface area contributed by atoms with E-state index in [1.54, 1.807) is 17.0 Å². The molecule has 4 rings (SSSR count). The summed E-state index contributed by atoms with van der Waals surface area (Å²) in [4.78, 5) is 27.1. The van der Waals surface area contributed by atoms with Crippen LogP contribution in [0.25, 0.3) is 0 Å². The molecule has 0 atom stereocenters. The van der Waals surface area contributed by atoms with E-state index in [0.717, 1.165) is 6.07 Å². The molecule has 176 valence electrons. The van der Waals surface area contributed by atoms with E-state index in [1.807, 2.05) is 0 Å². The lowest BCUT2D eigenvalue weighted by Crippen LogP contribution is -2.40. The Labute approximate surface area is 196 Å². The lowest BCUT2D eigenvalue weighted by atomic mass is 9.88. The lowest BCUT2D eigenvalue weighted by molar-refractivity contribution is 0.0650. The summed E-state index contributed by atoms with van der Waals surface area (Å²) in [5, 5.41) is 9.38. The number of nitrogens with zero attached hydrogens (tertiary/aromatic N) is 1. The number of aromatic hydroxyl groups is 1. The molecule has 1 saturated heterocycles. The normalized spacial score (nSPS) is 14.6. The monoisotopic (exact) mass is 482 g/mol. The number of halogens is 1. The number of sulfonamides is 1. The quantitative estimate of drug-likeness (QED) is 0.516. The average molecular weight is 483 g/mol. The molecule has 1 amide bonds. The number of carbonyl (C=O) groups is 2. The number of ketones is 1. The number of likely N-dealkylation sites (tertiary alicyclic amines) is 1. The van der Waals surface area contributed by atoms with E-state index in [-0.39, 0.29) is 33.9 Å². The molecule has 34 heavy (non-hydrogen) atoms. The van der Waals surface area contributed by atoms with Crippen molar-refractivity contribution in [1.29, 1.82) is 0 Å². The largest absolute Gasteiger partial charge is 0.508 e. The van der Waals surface area contributed by atoms with Crippen LogP contribution in [-0.4, -0.2) is 43.2 Å². The van der Waals surface area contributed by atoms with Gasteiger partial charge in [-0.2, -0.15) is 0 Å². The number of Topliss-reactive ketones (excluding diaryl/α,β-unsaturated/α-hetero) is 1. The van der Waals surface area contributed by atoms with Gasteiger partial charge in [0.2, 0.25) is 0 Å². The third-order valence-corrected chi connectivity index (χ3v) is 7.22. The number of amides is 1. The first kappa shape index (κ1) is 23.4. The van der Waals surface area contributed by atoms with Crippen molar-refractivity contribution < 1.29 is 27.5 Å². The van der Waals surface area contributed by atoms with Gasteiger partial charge >= 0.3 is 0 Å². The smallest absolute Gasteiger partial charge is 0.261 e. The lowest BCUT2D eigenvalue weighted by Gasteiger charge is -2.31. The summed E-state index contributed by atoms with van der Waals surface area (Å²) >= 11 is 0. The van der Waals surface area contributed by atoms with Gasteiger partial charge in [-0.25, -0.2) is 12.8 Å². The SMILES string of the molecule is O=C(c1ccc(O)cc1)C1CCN(C(=O)c2ccc(S(=O)(=O)Nc3ccccc3F)cc2)CC1. The maximum Gasteiger partial charge on any atom is 0.261 e. The van der Waals surface area contributed by atoms with Crippen LogP contribution in [0.3, 0.4) is 0 Å². The van der Waals surface area contributed by atoms with Gasteiger partial charge in [0.25, 0.3) is 15.9 Å². The van der Waals surface area contributed by atoms with Crippen LogP contribution in [0.2, 0.25) is 0 Å². The van der Waals surface area contributed by atoms with Crippen LogP contribution in [0.1, 0.15) is 33.6 Å². The molecular formula is C25H23FN2O5S. The molecule has 1 fully saturated rings. The predicted octanol–water partition coefficient (Wildman–Crippen LogP) is 4.07. The number of nitrogens with one attached hydrogen (secondary N) is 1. The number of hydrogen-bond acceptors (Lipinski definition) is 5. The number of benzene rings is 3. The van der Waals surface area contributed by atoms with E-state index >= 15 is 0 Å². The van der Waals surface area contributed by atoms with Crippen molar-refractivity contribution in [1.82, 2.24) is 4.90 Å². The minimum Gasteiger partial charge on any atom is -0.508 e. The number of hydrogen-bond donors (Lipinski definition) is 2. The number of para-hydroxylation sites is 1. The van der Waals surface area contributed by atoms with Gasteiger partial charge in [-0.15, -0.1) is 0 Å². The molecule has 0 unspecified atom stereocenters. The van der Waals surface area contributed by atoms with Gasteiger partial charge in [-0.1, -0.05) is 12.1 Å². The highest BCUT2D eigenvalue weighted by Gasteiger charge is 2.28. The first-order valence-corrected chi connectivity index (χ1v) is 12.2. The van der Waals surface area contributed by atoms with Crippen molar-refractivity contribution in [3.05, 3.63) is 89.7 Å². The third-order valence-electron chi connectivity index (χ3n) is 5.83. The second-order valence-electron chi connectivity index (χ2n) is 8.09. The summed E-state index contributed by atoms with van der Waals surface area (Å²) in [6.45, 7) is 0.810. The van der Waals surface area contributed by atoms with Gasteiger partial charge < -0.3 is 10.0 Å². The van der Waals surface area contributed by atoms with Gasteiger partial charge in [0.15, 0.2) is 5.78 Å². The Balaban J connectivity index is 1.38. The van der Waals surface area contributed by atoms with Gasteiger partial charge in [0.05, 0.1) is 10.6 Å². The fraction of sp³-hybridized carbons (Fsp3) is 0.200. The number of rotatable bonds is 6. The highest BCUT2D eigenvalue weighted by Crippen LogP contribution is 2.25. The van der Waals surface area contributed by atoms with Crippen molar-refractivity contribution in [2.24, 2.45) is 5.92 Å². The summed E-state index contributed by atoms with van der Waals surface area (Å²) in [5.41, 5.74) is 0.698. The van der Waals surface area contributed by atoms with Crippen LogP contribution in [-0.2, 0) is 10.0 Å². The summed E-state index contributed by atoms with van der Waals surface area (Å²) in [6.07, 6.45) is 1.04. The van der Waals surface area contributed by atoms with E-state index in [4.69, 9.17) is 0 Å². The van der Waals surface area contributed by atoms with Crippen LogP contribution in [0, 0.1) is 11.7 Å². The zero-order chi connectivity index (χ0) is 24.3. The maximum absolute atomic E-state index is 13.8. The minimum absolute atomic E-state index is 0.0102. The van der Waals surface area contributed by atoms with Gasteiger partial charge in [0.1, 0.15) is 11.6 Å². The van der Waals surface area contributed by atoms with Crippen molar-refractivity contribution in [2.45, 2.75) is 17.7 Å². The molecule has 1 aliphatic rings.